The van der Waals surface area contributed by atoms with Gasteiger partial charge in [0.1, 0.15) is 6.61 Å². The quantitative estimate of drug-likeness (QED) is 0.886. The maximum atomic E-state index is 12.4. The van der Waals surface area contributed by atoms with Gasteiger partial charge in [-0.2, -0.15) is 0 Å². The van der Waals surface area contributed by atoms with Crippen molar-refractivity contribution in [1.29, 1.82) is 0 Å². The van der Waals surface area contributed by atoms with Crippen molar-refractivity contribution in [3.05, 3.63) is 35.9 Å². The molecule has 1 fully saturated rings. The topological polar surface area (TPSA) is 75.9 Å². The molecule has 1 unspecified atom stereocenters. The van der Waals surface area contributed by atoms with E-state index >= 15 is 0 Å². The van der Waals surface area contributed by atoms with Gasteiger partial charge in [0.05, 0.1) is 6.04 Å². The summed E-state index contributed by atoms with van der Waals surface area (Å²) in [6.07, 6.45) is 1.19. The first-order valence-electron chi connectivity index (χ1n) is 8.88. The predicted molar refractivity (Wildman–Crippen MR) is 96.8 cm³/mol. The molecule has 0 aromatic heterocycles. The van der Waals surface area contributed by atoms with Gasteiger partial charge in [-0.3, -0.25) is 4.79 Å². The van der Waals surface area contributed by atoms with E-state index in [0.29, 0.717) is 13.1 Å². The first-order chi connectivity index (χ1) is 11.9. The molecule has 1 saturated heterocycles. The largest absolute Gasteiger partial charge is 0.445 e. The molecule has 1 heterocycles. The number of likely N-dealkylation sites (tertiary alicyclic amines) is 1. The van der Waals surface area contributed by atoms with Crippen molar-refractivity contribution in [3.8, 4) is 0 Å². The molecule has 1 atom stereocenters. The SMILES string of the molecule is CC(C)C(N)C(=O)N(C)C1CCN(C(=O)OCc2ccccc2)CC1. The van der Waals surface area contributed by atoms with Crippen LogP contribution in [0.25, 0.3) is 0 Å². The molecule has 138 valence electrons. The van der Waals surface area contributed by atoms with Gasteiger partial charge >= 0.3 is 6.09 Å². The Morgan fingerprint density at radius 3 is 2.40 bits per heavy atom. The lowest BCUT2D eigenvalue weighted by Gasteiger charge is -2.37. The summed E-state index contributed by atoms with van der Waals surface area (Å²) in [6, 6.07) is 9.27. The molecule has 0 radical (unpaired) electrons. The summed E-state index contributed by atoms with van der Waals surface area (Å²) in [5, 5.41) is 0. The van der Waals surface area contributed by atoms with Crippen LogP contribution in [0, 0.1) is 5.92 Å². The number of carbonyl (C=O) groups excluding carboxylic acids is 2. The van der Waals surface area contributed by atoms with Gasteiger partial charge in [0.15, 0.2) is 0 Å². The number of rotatable bonds is 5. The number of nitrogens with zero attached hydrogens (tertiary/aromatic N) is 2. The Bertz CT molecular complexity index is 569. The molecule has 2 rings (SSSR count). The zero-order valence-corrected chi connectivity index (χ0v) is 15.4. The smallest absolute Gasteiger partial charge is 0.410 e. The van der Waals surface area contributed by atoms with E-state index in [4.69, 9.17) is 10.5 Å². The standard InChI is InChI=1S/C19H29N3O3/c1-14(2)17(20)18(23)21(3)16-9-11-22(12-10-16)19(24)25-13-15-7-5-4-6-8-15/h4-8,14,16-17H,9-13,20H2,1-3H3. The summed E-state index contributed by atoms with van der Waals surface area (Å²) in [5.41, 5.74) is 6.93. The Morgan fingerprint density at radius 1 is 1.24 bits per heavy atom. The van der Waals surface area contributed by atoms with Crippen molar-refractivity contribution < 1.29 is 14.3 Å². The van der Waals surface area contributed by atoms with Crippen molar-refractivity contribution in [2.24, 2.45) is 11.7 Å². The number of carbonyl (C=O) groups is 2. The van der Waals surface area contributed by atoms with E-state index in [-0.39, 0.29) is 30.6 Å². The fraction of sp³-hybridized carbons (Fsp3) is 0.579. The lowest BCUT2D eigenvalue weighted by Crippen LogP contribution is -2.52. The minimum absolute atomic E-state index is 0.0277. The molecule has 25 heavy (non-hydrogen) atoms. The van der Waals surface area contributed by atoms with Crippen LogP contribution >= 0.6 is 0 Å². The highest BCUT2D eigenvalue weighted by Crippen LogP contribution is 2.18. The molecule has 0 aliphatic carbocycles. The first kappa shape index (κ1) is 19.2. The van der Waals surface area contributed by atoms with Crippen LogP contribution in [0.3, 0.4) is 0 Å². The van der Waals surface area contributed by atoms with E-state index in [9.17, 15) is 9.59 Å². The summed E-state index contributed by atoms with van der Waals surface area (Å²) in [4.78, 5) is 28.0. The minimum Gasteiger partial charge on any atom is -0.445 e. The third-order valence-corrected chi connectivity index (χ3v) is 4.83. The fourth-order valence-electron chi connectivity index (χ4n) is 2.95. The zero-order valence-electron chi connectivity index (χ0n) is 15.4. The van der Waals surface area contributed by atoms with E-state index in [0.717, 1.165) is 18.4 Å². The Morgan fingerprint density at radius 2 is 1.84 bits per heavy atom. The number of amides is 2. The maximum Gasteiger partial charge on any atom is 0.410 e. The van der Waals surface area contributed by atoms with Crippen molar-refractivity contribution in [2.75, 3.05) is 20.1 Å². The molecular weight excluding hydrogens is 318 g/mol. The lowest BCUT2D eigenvalue weighted by atomic mass is 10.00. The summed E-state index contributed by atoms with van der Waals surface area (Å²) in [5.74, 6) is 0.0862. The van der Waals surface area contributed by atoms with Crippen LogP contribution in [0.2, 0.25) is 0 Å². The maximum absolute atomic E-state index is 12.4. The monoisotopic (exact) mass is 347 g/mol. The second-order valence-electron chi connectivity index (χ2n) is 6.98. The molecule has 2 amide bonds. The number of hydrogen-bond donors (Lipinski definition) is 1. The third-order valence-electron chi connectivity index (χ3n) is 4.83. The second-order valence-corrected chi connectivity index (χ2v) is 6.98. The highest BCUT2D eigenvalue weighted by atomic mass is 16.6. The fourth-order valence-corrected chi connectivity index (χ4v) is 2.95. The third kappa shape index (κ3) is 5.19. The average molecular weight is 347 g/mol. The molecule has 1 aliphatic rings. The van der Waals surface area contributed by atoms with Gasteiger partial charge in [-0.05, 0) is 24.3 Å². The molecule has 0 saturated carbocycles. The molecule has 0 bridgehead atoms. The van der Waals surface area contributed by atoms with E-state index in [1.165, 1.54) is 0 Å². The highest BCUT2D eigenvalue weighted by molar-refractivity contribution is 5.82. The molecule has 0 spiro atoms. The average Bonchev–Trinajstić information content (AvgIpc) is 2.65. The number of ether oxygens (including phenoxy) is 1. The van der Waals surface area contributed by atoms with Gasteiger partial charge in [0, 0.05) is 26.2 Å². The van der Waals surface area contributed by atoms with Gasteiger partial charge in [-0.1, -0.05) is 44.2 Å². The molecule has 1 aromatic rings. The summed E-state index contributed by atoms with van der Waals surface area (Å²) in [6.45, 7) is 5.35. The van der Waals surface area contributed by atoms with Gasteiger partial charge < -0.3 is 20.3 Å². The van der Waals surface area contributed by atoms with Crippen LogP contribution in [-0.2, 0) is 16.1 Å². The number of nitrogens with two attached hydrogens (primary N) is 1. The Kier molecular flexibility index (Phi) is 6.82. The van der Waals surface area contributed by atoms with Gasteiger partial charge in [-0.25, -0.2) is 4.79 Å². The van der Waals surface area contributed by atoms with Gasteiger partial charge in [0.2, 0.25) is 5.91 Å². The van der Waals surface area contributed by atoms with Crippen molar-refractivity contribution in [2.45, 2.75) is 45.4 Å². The van der Waals surface area contributed by atoms with E-state index in [1.54, 1.807) is 16.8 Å². The molecule has 6 heteroatoms. The van der Waals surface area contributed by atoms with Crippen molar-refractivity contribution in [1.82, 2.24) is 9.80 Å². The summed E-state index contributed by atoms with van der Waals surface area (Å²) < 4.78 is 5.37. The predicted octanol–water partition coefficient (Wildman–Crippen LogP) is 2.23. The summed E-state index contributed by atoms with van der Waals surface area (Å²) >= 11 is 0. The molecule has 1 aromatic carbocycles. The van der Waals surface area contributed by atoms with Crippen LogP contribution in [0.1, 0.15) is 32.3 Å². The number of benzene rings is 1. The minimum atomic E-state index is -0.473. The molecule has 1 aliphatic heterocycles. The molecular formula is C19H29N3O3. The van der Waals surface area contributed by atoms with Crippen LogP contribution in [0.4, 0.5) is 4.79 Å². The Labute approximate surface area is 149 Å². The molecule has 2 N–H and O–H groups in total. The Balaban J connectivity index is 1.78. The molecule has 6 nitrogen and oxygen atoms in total. The summed E-state index contributed by atoms with van der Waals surface area (Å²) in [7, 11) is 1.80. The number of piperidine rings is 1. The second kappa shape index (κ2) is 8.85. The highest BCUT2D eigenvalue weighted by Gasteiger charge is 2.30. The Hall–Kier alpha value is -2.08. The van der Waals surface area contributed by atoms with E-state index in [1.807, 2.05) is 44.2 Å². The number of likely N-dealkylation sites (N-methyl/N-ethyl adjacent to an activating group) is 1. The van der Waals surface area contributed by atoms with Crippen LogP contribution in [0.15, 0.2) is 30.3 Å². The van der Waals surface area contributed by atoms with E-state index in [2.05, 4.69) is 0 Å². The van der Waals surface area contributed by atoms with Gasteiger partial charge in [0.25, 0.3) is 0 Å². The lowest BCUT2D eigenvalue weighted by molar-refractivity contribution is -0.135. The van der Waals surface area contributed by atoms with Crippen molar-refractivity contribution >= 4 is 12.0 Å². The normalized spacial score (nSPS) is 16.6. The van der Waals surface area contributed by atoms with Crippen LogP contribution in [-0.4, -0.2) is 54.0 Å². The first-order valence-corrected chi connectivity index (χ1v) is 8.88. The zero-order chi connectivity index (χ0) is 18.4. The number of hydrogen-bond acceptors (Lipinski definition) is 4. The van der Waals surface area contributed by atoms with Gasteiger partial charge in [-0.15, -0.1) is 0 Å². The van der Waals surface area contributed by atoms with Crippen LogP contribution in [0.5, 0.6) is 0 Å². The van der Waals surface area contributed by atoms with Crippen molar-refractivity contribution in [3.63, 3.8) is 0 Å². The van der Waals surface area contributed by atoms with Crippen LogP contribution < -0.4 is 5.73 Å². The van der Waals surface area contributed by atoms with E-state index < -0.39 is 6.04 Å².